The Kier molecular flexibility index (Phi) is 4.78. The molecule has 2 saturated carbocycles. The molecular formula is C18H28N4O4S. The molecule has 2 heterocycles. The summed E-state index contributed by atoms with van der Waals surface area (Å²) in [5.74, 6) is 1.75. The molecule has 1 aliphatic heterocycles. The average molecular weight is 397 g/mol. The molecule has 1 amide bonds. The van der Waals surface area contributed by atoms with E-state index >= 15 is 0 Å². The summed E-state index contributed by atoms with van der Waals surface area (Å²) in [6.45, 7) is 2.54. The third-order valence-corrected chi connectivity index (χ3v) is 7.80. The summed E-state index contributed by atoms with van der Waals surface area (Å²) in [4.78, 5) is 16.9. The molecule has 1 aromatic heterocycles. The zero-order valence-corrected chi connectivity index (χ0v) is 16.8. The Hall–Kier alpha value is -1.48. The molecule has 1 saturated heterocycles. The van der Waals surface area contributed by atoms with Crippen LogP contribution in [0.15, 0.2) is 4.52 Å². The molecule has 0 aromatic carbocycles. The Bertz CT molecular complexity index is 817. The number of nitrogens with zero attached hydrogens (tertiary/aromatic N) is 3. The predicted octanol–water partition coefficient (Wildman–Crippen LogP) is 1.37. The number of hydrogen-bond acceptors (Lipinski definition) is 6. The molecule has 9 heteroatoms. The first kappa shape index (κ1) is 18.9. The van der Waals surface area contributed by atoms with E-state index in [0.717, 1.165) is 19.3 Å². The fourth-order valence-electron chi connectivity index (χ4n) is 5.28. The molecule has 8 nitrogen and oxygen atoms in total. The molecule has 150 valence electrons. The van der Waals surface area contributed by atoms with Crippen molar-refractivity contribution >= 4 is 15.9 Å². The molecule has 4 rings (SSSR count). The Balaban J connectivity index is 1.49. The minimum absolute atomic E-state index is 0.0258. The van der Waals surface area contributed by atoms with Crippen molar-refractivity contribution in [3.8, 4) is 0 Å². The van der Waals surface area contributed by atoms with Gasteiger partial charge in [0.25, 0.3) is 0 Å². The standard InChI is InChI=1S/C18H28N4O4S/c1-12-19-17(26-21-12)18-9-15(20-16(23)7-13-5-3-4-6-13)8-14(18)10-22(11-18)27(2,24)25/h13-15H,3-11H2,1-2H3,(H,20,23)/t14-,15+,18-/m0/s1. The van der Waals surface area contributed by atoms with Crippen LogP contribution in [0.4, 0.5) is 0 Å². The van der Waals surface area contributed by atoms with Gasteiger partial charge in [-0.3, -0.25) is 4.79 Å². The Morgan fingerprint density at radius 1 is 1.37 bits per heavy atom. The van der Waals surface area contributed by atoms with Gasteiger partial charge in [0, 0.05) is 25.6 Å². The Morgan fingerprint density at radius 3 is 2.74 bits per heavy atom. The van der Waals surface area contributed by atoms with Gasteiger partial charge in [0.15, 0.2) is 5.82 Å². The largest absolute Gasteiger partial charge is 0.353 e. The van der Waals surface area contributed by atoms with Crippen LogP contribution < -0.4 is 5.32 Å². The van der Waals surface area contributed by atoms with Crippen molar-refractivity contribution in [2.75, 3.05) is 19.3 Å². The van der Waals surface area contributed by atoms with Gasteiger partial charge < -0.3 is 9.84 Å². The van der Waals surface area contributed by atoms with E-state index in [9.17, 15) is 13.2 Å². The highest BCUT2D eigenvalue weighted by atomic mass is 32.2. The lowest BCUT2D eigenvalue weighted by Gasteiger charge is -2.25. The first-order valence-electron chi connectivity index (χ1n) is 9.81. The molecule has 3 fully saturated rings. The Labute approximate surface area is 160 Å². The molecular weight excluding hydrogens is 368 g/mol. The fourth-order valence-corrected chi connectivity index (χ4v) is 6.20. The highest BCUT2D eigenvalue weighted by Gasteiger charge is 2.58. The van der Waals surface area contributed by atoms with Crippen LogP contribution in [-0.2, 0) is 20.2 Å². The van der Waals surface area contributed by atoms with Gasteiger partial charge in [-0.05, 0) is 44.4 Å². The topological polar surface area (TPSA) is 105 Å². The lowest BCUT2D eigenvalue weighted by atomic mass is 9.80. The van der Waals surface area contributed by atoms with Crippen LogP contribution in [0.5, 0.6) is 0 Å². The second-order valence-corrected chi connectivity index (χ2v) is 10.6. The first-order chi connectivity index (χ1) is 12.8. The summed E-state index contributed by atoms with van der Waals surface area (Å²) < 4.78 is 31.2. The maximum absolute atomic E-state index is 12.5. The molecule has 27 heavy (non-hydrogen) atoms. The number of amides is 1. The summed E-state index contributed by atoms with van der Waals surface area (Å²) in [6.07, 6.45) is 7.97. The highest BCUT2D eigenvalue weighted by molar-refractivity contribution is 7.88. The number of aryl methyl sites for hydroxylation is 1. The maximum Gasteiger partial charge on any atom is 0.234 e. The second kappa shape index (κ2) is 6.84. The monoisotopic (exact) mass is 396 g/mol. The van der Waals surface area contributed by atoms with Crippen LogP contribution in [0.1, 0.15) is 56.7 Å². The number of nitrogens with one attached hydrogen (secondary N) is 1. The van der Waals surface area contributed by atoms with E-state index in [4.69, 9.17) is 4.52 Å². The van der Waals surface area contributed by atoms with Crippen molar-refractivity contribution in [2.45, 2.75) is 63.3 Å². The van der Waals surface area contributed by atoms with Crippen LogP contribution in [0, 0.1) is 18.8 Å². The van der Waals surface area contributed by atoms with Crippen molar-refractivity contribution in [1.82, 2.24) is 19.8 Å². The normalized spacial score (nSPS) is 32.1. The number of carbonyl (C=O) groups excluding carboxylic acids is 1. The third kappa shape index (κ3) is 3.63. The molecule has 3 aliphatic rings. The van der Waals surface area contributed by atoms with Gasteiger partial charge in [0.2, 0.25) is 21.8 Å². The SMILES string of the molecule is Cc1noc([C@]23C[C@H](NC(=O)CC4CCCC4)C[C@H]2CN(S(C)(=O)=O)C3)n1. The van der Waals surface area contributed by atoms with Crippen LogP contribution in [0.25, 0.3) is 0 Å². The predicted molar refractivity (Wildman–Crippen MR) is 98.4 cm³/mol. The number of sulfonamides is 1. The summed E-state index contributed by atoms with van der Waals surface area (Å²) in [7, 11) is -3.28. The quantitative estimate of drug-likeness (QED) is 0.806. The van der Waals surface area contributed by atoms with Gasteiger partial charge in [-0.15, -0.1) is 0 Å². The van der Waals surface area contributed by atoms with Crippen molar-refractivity contribution in [3.63, 3.8) is 0 Å². The number of rotatable bonds is 5. The maximum atomic E-state index is 12.5. The van der Waals surface area contributed by atoms with Gasteiger partial charge in [0.1, 0.15) is 0 Å². The summed E-state index contributed by atoms with van der Waals surface area (Å²) in [5.41, 5.74) is -0.504. The molecule has 0 unspecified atom stereocenters. The number of carbonyl (C=O) groups is 1. The van der Waals surface area contributed by atoms with E-state index in [0.29, 0.717) is 43.6 Å². The smallest absolute Gasteiger partial charge is 0.234 e. The average Bonchev–Trinajstić information content (AvgIpc) is 3.29. The molecule has 1 aromatic rings. The van der Waals surface area contributed by atoms with Gasteiger partial charge in [0.05, 0.1) is 11.7 Å². The van der Waals surface area contributed by atoms with E-state index in [1.54, 1.807) is 6.92 Å². The van der Waals surface area contributed by atoms with Crippen molar-refractivity contribution in [3.05, 3.63) is 11.7 Å². The fraction of sp³-hybridized carbons (Fsp3) is 0.833. The van der Waals surface area contributed by atoms with Crippen LogP contribution >= 0.6 is 0 Å². The molecule has 0 bridgehead atoms. The van der Waals surface area contributed by atoms with Gasteiger partial charge in [-0.25, -0.2) is 12.7 Å². The third-order valence-electron chi connectivity index (χ3n) is 6.58. The molecule has 0 spiro atoms. The van der Waals surface area contributed by atoms with Crippen LogP contribution in [0.2, 0.25) is 0 Å². The van der Waals surface area contributed by atoms with Crippen molar-refractivity contribution < 1.29 is 17.7 Å². The molecule has 1 N–H and O–H groups in total. The van der Waals surface area contributed by atoms with Crippen molar-refractivity contribution in [1.29, 1.82) is 0 Å². The van der Waals surface area contributed by atoms with E-state index in [1.807, 2.05) is 0 Å². The number of aromatic nitrogens is 2. The van der Waals surface area contributed by atoms with E-state index in [-0.39, 0.29) is 17.9 Å². The van der Waals surface area contributed by atoms with Crippen LogP contribution in [0.3, 0.4) is 0 Å². The molecule has 3 atom stereocenters. The minimum Gasteiger partial charge on any atom is -0.353 e. The summed E-state index contributed by atoms with van der Waals surface area (Å²) in [6, 6.07) is 0.0258. The van der Waals surface area contributed by atoms with Gasteiger partial charge >= 0.3 is 0 Å². The van der Waals surface area contributed by atoms with E-state index in [1.165, 1.54) is 23.4 Å². The zero-order chi connectivity index (χ0) is 19.2. The zero-order valence-electron chi connectivity index (χ0n) is 16.0. The van der Waals surface area contributed by atoms with Gasteiger partial charge in [-0.1, -0.05) is 18.0 Å². The van der Waals surface area contributed by atoms with E-state index < -0.39 is 15.4 Å². The molecule has 0 radical (unpaired) electrons. The Morgan fingerprint density at radius 2 is 2.11 bits per heavy atom. The first-order valence-corrected chi connectivity index (χ1v) is 11.7. The van der Waals surface area contributed by atoms with E-state index in [2.05, 4.69) is 15.5 Å². The van der Waals surface area contributed by atoms with Crippen LogP contribution in [-0.4, -0.2) is 54.2 Å². The second-order valence-electron chi connectivity index (χ2n) is 8.61. The molecule has 2 aliphatic carbocycles. The summed E-state index contributed by atoms with van der Waals surface area (Å²) in [5, 5.41) is 7.11. The lowest BCUT2D eigenvalue weighted by molar-refractivity contribution is -0.122. The van der Waals surface area contributed by atoms with Crippen molar-refractivity contribution in [2.24, 2.45) is 11.8 Å². The highest BCUT2D eigenvalue weighted by Crippen LogP contribution is 2.50. The minimum atomic E-state index is -3.28. The van der Waals surface area contributed by atoms with Gasteiger partial charge in [-0.2, -0.15) is 4.98 Å². The number of fused-ring (bicyclic) bond motifs is 1. The summed E-state index contributed by atoms with van der Waals surface area (Å²) >= 11 is 0. The lowest BCUT2D eigenvalue weighted by Crippen LogP contribution is -2.39. The number of hydrogen-bond donors (Lipinski definition) is 1.